The third-order valence-corrected chi connectivity index (χ3v) is 1.50. The summed E-state index contributed by atoms with van der Waals surface area (Å²) in [6.45, 7) is 0. The molecule has 0 saturated heterocycles. The molecule has 0 fully saturated rings. The highest BCUT2D eigenvalue weighted by Crippen LogP contribution is 2.11. The van der Waals surface area contributed by atoms with Gasteiger partial charge in [-0.05, 0) is 6.07 Å². The summed E-state index contributed by atoms with van der Waals surface area (Å²) in [5, 5.41) is 0. The predicted molar refractivity (Wildman–Crippen MR) is 42.6 cm³/mol. The minimum absolute atomic E-state index is 0.209. The van der Waals surface area contributed by atoms with Crippen LogP contribution in [-0.2, 0) is 0 Å². The van der Waals surface area contributed by atoms with Gasteiger partial charge in [0.15, 0.2) is 0 Å². The third kappa shape index (κ3) is 1.03. The first-order valence-corrected chi connectivity index (χ1v) is 3.44. The van der Waals surface area contributed by atoms with Crippen molar-refractivity contribution >= 4 is 0 Å². The van der Waals surface area contributed by atoms with Crippen LogP contribution in [0.25, 0.3) is 11.3 Å². The quantitative estimate of drug-likeness (QED) is 0.681. The van der Waals surface area contributed by atoms with Gasteiger partial charge in [-0.15, -0.1) is 0 Å². The van der Waals surface area contributed by atoms with Crippen LogP contribution in [0.4, 0.5) is 0 Å². The lowest BCUT2D eigenvalue weighted by atomic mass is 10.2. The second kappa shape index (κ2) is 2.65. The van der Waals surface area contributed by atoms with Crippen molar-refractivity contribution in [2.24, 2.45) is 0 Å². The molecule has 0 aliphatic rings. The molecule has 2 heterocycles. The average molecular weight is 162 g/mol. The van der Waals surface area contributed by atoms with E-state index in [1.165, 1.54) is 24.9 Å². The van der Waals surface area contributed by atoms with Crippen molar-refractivity contribution in [3.8, 4) is 11.3 Å². The Bertz CT molecular complexity index is 417. The molecule has 0 radical (unpaired) electrons. The SMILES string of the molecule is O=c1[nH]ccnc1-c1ccoc1. The molecule has 0 aromatic carbocycles. The van der Waals surface area contributed by atoms with Crippen molar-refractivity contribution in [1.29, 1.82) is 0 Å². The summed E-state index contributed by atoms with van der Waals surface area (Å²) in [4.78, 5) is 17.6. The Morgan fingerprint density at radius 2 is 2.42 bits per heavy atom. The summed E-state index contributed by atoms with van der Waals surface area (Å²) in [5.74, 6) is 0. The topological polar surface area (TPSA) is 58.9 Å². The van der Waals surface area contributed by atoms with Gasteiger partial charge >= 0.3 is 0 Å². The van der Waals surface area contributed by atoms with E-state index in [0.29, 0.717) is 11.3 Å². The van der Waals surface area contributed by atoms with Crippen LogP contribution in [-0.4, -0.2) is 9.97 Å². The summed E-state index contributed by atoms with van der Waals surface area (Å²) in [5.41, 5.74) is 0.863. The normalized spacial score (nSPS) is 10.0. The zero-order valence-electron chi connectivity index (χ0n) is 6.15. The van der Waals surface area contributed by atoms with E-state index in [-0.39, 0.29) is 5.56 Å². The summed E-state index contributed by atoms with van der Waals surface area (Å²) < 4.78 is 4.83. The van der Waals surface area contributed by atoms with Crippen molar-refractivity contribution in [1.82, 2.24) is 9.97 Å². The van der Waals surface area contributed by atoms with Crippen LogP contribution in [0.5, 0.6) is 0 Å². The van der Waals surface area contributed by atoms with Crippen LogP contribution >= 0.6 is 0 Å². The van der Waals surface area contributed by atoms with Crippen molar-refractivity contribution in [2.45, 2.75) is 0 Å². The molecular formula is C8H6N2O2. The van der Waals surface area contributed by atoms with E-state index >= 15 is 0 Å². The Kier molecular flexibility index (Phi) is 1.51. The van der Waals surface area contributed by atoms with E-state index < -0.39 is 0 Å². The number of hydrogen-bond acceptors (Lipinski definition) is 3. The molecule has 0 aliphatic heterocycles. The van der Waals surface area contributed by atoms with Crippen LogP contribution in [0.1, 0.15) is 0 Å². The van der Waals surface area contributed by atoms with Crippen molar-refractivity contribution in [3.05, 3.63) is 41.3 Å². The highest BCUT2D eigenvalue weighted by atomic mass is 16.3. The van der Waals surface area contributed by atoms with Crippen molar-refractivity contribution in [3.63, 3.8) is 0 Å². The zero-order valence-corrected chi connectivity index (χ0v) is 6.15. The minimum Gasteiger partial charge on any atom is -0.472 e. The molecule has 60 valence electrons. The molecule has 1 N–H and O–H groups in total. The number of furan rings is 1. The van der Waals surface area contributed by atoms with E-state index in [1.807, 2.05) is 0 Å². The smallest absolute Gasteiger partial charge is 0.274 e. The number of aromatic amines is 1. The summed E-state index contributed by atoms with van der Waals surface area (Å²) in [6.07, 6.45) is 6.01. The molecule has 12 heavy (non-hydrogen) atoms. The third-order valence-electron chi connectivity index (χ3n) is 1.50. The average Bonchev–Trinajstić information content (AvgIpc) is 2.57. The summed E-state index contributed by atoms with van der Waals surface area (Å²) in [7, 11) is 0. The maximum Gasteiger partial charge on any atom is 0.274 e. The van der Waals surface area contributed by atoms with Gasteiger partial charge < -0.3 is 9.40 Å². The molecule has 4 nitrogen and oxygen atoms in total. The van der Waals surface area contributed by atoms with Crippen LogP contribution in [0.2, 0.25) is 0 Å². The number of nitrogens with one attached hydrogen (secondary N) is 1. The number of hydrogen-bond donors (Lipinski definition) is 1. The first-order chi connectivity index (χ1) is 5.88. The van der Waals surface area contributed by atoms with E-state index in [2.05, 4.69) is 9.97 Å². The Morgan fingerprint density at radius 1 is 1.50 bits per heavy atom. The van der Waals surface area contributed by atoms with Gasteiger partial charge in [-0.1, -0.05) is 0 Å². The molecule has 0 saturated carbocycles. The van der Waals surface area contributed by atoms with Crippen LogP contribution in [0.3, 0.4) is 0 Å². The predicted octanol–water partition coefficient (Wildman–Crippen LogP) is 1.03. The fourth-order valence-corrected chi connectivity index (χ4v) is 0.957. The Labute approximate surface area is 67.9 Å². The molecular weight excluding hydrogens is 156 g/mol. The molecule has 0 atom stereocenters. The molecule has 0 amide bonds. The Morgan fingerprint density at radius 3 is 3.08 bits per heavy atom. The van der Waals surface area contributed by atoms with Crippen LogP contribution in [0, 0.1) is 0 Å². The molecule has 2 aromatic heterocycles. The minimum atomic E-state index is -0.209. The van der Waals surface area contributed by atoms with Crippen LogP contribution < -0.4 is 5.56 Å². The van der Waals surface area contributed by atoms with Gasteiger partial charge in [0.25, 0.3) is 5.56 Å². The second-order valence-electron chi connectivity index (χ2n) is 2.28. The first-order valence-electron chi connectivity index (χ1n) is 3.44. The van der Waals surface area contributed by atoms with E-state index in [9.17, 15) is 4.79 Å². The fraction of sp³-hybridized carbons (Fsp3) is 0. The molecule has 4 heteroatoms. The summed E-state index contributed by atoms with van der Waals surface area (Å²) >= 11 is 0. The zero-order chi connectivity index (χ0) is 8.39. The lowest BCUT2D eigenvalue weighted by Crippen LogP contribution is -2.08. The van der Waals surface area contributed by atoms with E-state index in [1.54, 1.807) is 6.07 Å². The molecule has 0 spiro atoms. The first kappa shape index (κ1) is 6.84. The van der Waals surface area contributed by atoms with Crippen molar-refractivity contribution in [2.75, 3.05) is 0 Å². The van der Waals surface area contributed by atoms with E-state index in [0.717, 1.165) is 0 Å². The summed E-state index contributed by atoms with van der Waals surface area (Å²) in [6, 6.07) is 1.69. The van der Waals surface area contributed by atoms with Gasteiger partial charge in [0.2, 0.25) is 0 Å². The molecule has 0 aliphatic carbocycles. The number of rotatable bonds is 1. The van der Waals surface area contributed by atoms with Gasteiger partial charge in [-0.25, -0.2) is 4.98 Å². The maximum atomic E-state index is 11.2. The van der Waals surface area contributed by atoms with Gasteiger partial charge in [0.05, 0.1) is 12.5 Å². The maximum absolute atomic E-state index is 11.2. The second-order valence-corrected chi connectivity index (χ2v) is 2.28. The fourth-order valence-electron chi connectivity index (χ4n) is 0.957. The van der Waals surface area contributed by atoms with Gasteiger partial charge in [-0.2, -0.15) is 0 Å². The number of nitrogens with zero attached hydrogens (tertiary/aromatic N) is 1. The van der Waals surface area contributed by atoms with Crippen molar-refractivity contribution < 1.29 is 4.42 Å². The molecule has 0 unspecified atom stereocenters. The molecule has 0 bridgehead atoms. The lowest BCUT2D eigenvalue weighted by Gasteiger charge is -1.90. The Hall–Kier alpha value is -1.84. The monoisotopic (exact) mass is 162 g/mol. The van der Waals surface area contributed by atoms with E-state index in [4.69, 9.17) is 4.42 Å². The van der Waals surface area contributed by atoms with Gasteiger partial charge in [-0.3, -0.25) is 4.79 Å². The number of H-pyrrole nitrogens is 1. The highest BCUT2D eigenvalue weighted by molar-refractivity contribution is 5.55. The van der Waals surface area contributed by atoms with Gasteiger partial charge in [0.1, 0.15) is 5.69 Å². The van der Waals surface area contributed by atoms with Crippen LogP contribution in [0.15, 0.2) is 40.2 Å². The molecule has 2 rings (SSSR count). The van der Waals surface area contributed by atoms with Gasteiger partial charge in [0, 0.05) is 18.0 Å². The lowest BCUT2D eigenvalue weighted by molar-refractivity contribution is 0.568. The largest absolute Gasteiger partial charge is 0.472 e. The highest BCUT2D eigenvalue weighted by Gasteiger charge is 2.03. The number of aromatic nitrogens is 2. The standard InChI is InChI=1S/C8H6N2O2/c11-8-7(9-2-3-10-8)6-1-4-12-5-6/h1-5H,(H,10,11). The molecule has 2 aromatic rings. The Balaban J connectivity index is 2.63.